The molecular weight excluding hydrogens is 374 g/mol. The molecule has 0 saturated carbocycles. The summed E-state index contributed by atoms with van der Waals surface area (Å²) in [7, 11) is 0. The van der Waals surface area contributed by atoms with E-state index in [2.05, 4.69) is 16.3 Å². The highest BCUT2D eigenvalue weighted by atomic mass is 35.5. The first kappa shape index (κ1) is 17.0. The molecule has 0 spiro atoms. The van der Waals surface area contributed by atoms with Gasteiger partial charge in [-0.2, -0.15) is 10.2 Å². The Morgan fingerprint density at radius 3 is 2.75 bits per heavy atom. The Kier molecular flexibility index (Phi) is 4.13. The largest absolute Gasteiger partial charge is 0.331 e. The lowest BCUT2D eigenvalue weighted by molar-refractivity contribution is 0.0741. The molecule has 2 aromatic heterocycles. The number of hydrogen-bond acceptors (Lipinski definition) is 3. The first-order valence-corrected chi connectivity index (χ1v) is 9.62. The van der Waals surface area contributed by atoms with Crippen molar-refractivity contribution in [2.45, 2.75) is 19.5 Å². The molecule has 0 saturated heterocycles. The van der Waals surface area contributed by atoms with Crippen LogP contribution in [0.4, 0.5) is 0 Å². The Labute approximate surface area is 166 Å². The van der Waals surface area contributed by atoms with Crippen LogP contribution in [0.25, 0.3) is 22.2 Å². The third-order valence-corrected chi connectivity index (χ3v) is 5.37. The van der Waals surface area contributed by atoms with Gasteiger partial charge in [0.05, 0.1) is 23.4 Å². The minimum Gasteiger partial charge on any atom is -0.331 e. The van der Waals surface area contributed by atoms with Crippen molar-refractivity contribution in [3.05, 3.63) is 71.0 Å². The lowest BCUT2D eigenvalue weighted by Gasteiger charge is -2.18. The molecule has 6 nitrogen and oxygen atoms in total. The molecule has 1 amide bonds. The number of halogens is 1. The zero-order chi connectivity index (χ0) is 19.1. The summed E-state index contributed by atoms with van der Waals surface area (Å²) < 4.78 is 2.00. The molecule has 0 aliphatic carbocycles. The van der Waals surface area contributed by atoms with Crippen molar-refractivity contribution >= 4 is 28.4 Å². The number of H-pyrrole nitrogens is 1. The highest BCUT2D eigenvalue weighted by Crippen LogP contribution is 2.25. The fourth-order valence-electron chi connectivity index (χ4n) is 3.67. The number of hydrogen-bond donors (Lipinski definition) is 1. The maximum absolute atomic E-state index is 13.2. The summed E-state index contributed by atoms with van der Waals surface area (Å²) in [5, 5.41) is 13.5. The monoisotopic (exact) mass is 391 g/mol. The SMILES string of the molecule is O=C(c1n[nH]c2ccccc12)N1CCCn2nc(-c3ccc(Cl)cc3)cc2C1. The Morgan fingerprint density at radius 1 is 1.07 bits per heavy atom. The van der Waals surface area contributed by atoms with Crippen molar-refractivity contribution in [1.82, 2.24) is 24.9 Å². The molecule has 3 heterocycles. The number of nitrogens with zero attached hydrogens (tertiary/aromatic N) is 4. The summed E-state index contributed by atoms with van der Waals surface area (Å²) in [5.41, 5.74) is 4.28. The van der Waals surface area contributed by atoms with E-state index in [9.17, 15) is 4.79 Å². The number of nitrogens with one attached hydrogen (secondary N) is 1. The van der Waals surface area contributed by atoms with Crippen molar-refractivity contribution in [3.8, 4) is 11.3 Å². The molecule has 28 heavy (non-hydrogen) atoms. The average Bonchev–Trinajstić information content (AvgIpc) is 3.27. The van der Waals surface area contributed by atoms with Gasteiger partial charge in [0.2, 0.25) is 0 Å². The maximum atomic E-state index is 13.2. The zero-order valence-electron chi connectivity index (χ0n) is 15.1. The molecule has 0 atom stereocenters. The van der Waals surface area contributed by atoms with E-state index in [0.717, 1.165) is 40.8 Å². The van der Waals surface area contributed by atoms with Gasteiger partial charge < -0.3 is 4.90 Å². The summed E-state index contributed by atoms with van der Waals surface area (Å²) in [6, 6.07) is 17.4. The topological polar surface area (TPSA) is 66.8 Å². The van der Waals surface area contributed by atoms with Gasteiger partial charge in [0, 0.05) is 29.1 Å². The van der Waals surface area contributed by atoms with Crippen molar-refractivity contribution in [1.29, 1.82) is 0 Å². The summed E-state index contributed by atoms with van der Waals surface area (Å²) in [6.07, 6.45) is 0.850. The van der Waals surface area contributed by atoms with Gasteiger partial charge in [-0.05, 0) is 30.7 Å². The highest BCUT2D eigenvalue weighted by molar-refractivity contribution is 6.30. The molecule has 4 aromatic rings. The van der Waals surface area contributed by atoms with Crippen LogP contribution in [0.15, 0.2) is 54.6 Å². The molecule has 0 unspecified atom stereocenters. The van der Waals surface area contributed by atoms with Gasteiger partial charge in [0.1, 0.15) is 0 Å². The van der Waals surface area contributed by atoms with Crippen LogP contribution in [0.5, 0.6) is 0 Å². The minimum absolute atomic E-state index is 0.0554. The maximum Gasteiger partial charge on any atom is 0.275 e. The van der Waals surface area contributed by atoms with Crippen LogP contribution in [0.3, 0.4) is 0 Å². The molecular formula is C21H18ClN5O. The van der Waals surface area contributed by atoms with Gasteiger partial charge in [0.25, 0.3) is 5.91 Å². The van der Waals surface area contributed by atoms with Gasteiger partial charge in [-0.25, -0.2) is 0 Å². The van der Waals surface area contributed by atoms with Crippen molar-refractivity contribution in [2.24, 2.45) is 0 Å². The van der Waals surface area contributed by atoms with Crippen molar-refractivity contribution in [3.63, 3.8) is 0 Å². The zero-order valence-corrected chi connectivity index (χ0v) is 15.9. The van der Waals surface area contributed by atoms with Gasteiger partial charge >= 0.3 is 0 Å². The lowest BCUT2D eigenvalue weighted by Crippen LogP contribution is -2.31. The summed E-state index contributed by atoms with van der Waals surface area (Å²) >= 11 is 5.99. The number of aromatic nitrogens is 4. The number of benzene rings is 2. The molecule has 0 radical (unpaired) electrons. The number of amides is 1. The highest BCUT2D eigenvalue weighted by Gasteiger charge is 2.25. The number of para-hydroxylation sites is 1. The van der Waals surface area contributed by atoms with E-state index in [0.29, 0.717) is 23.8 Å². The molecule has 2 aromatic carbocycles. The molecule has 1 aliphatic heterocycles. The molecule has 0 fully saturated rings. The Morgan fingerprint density at radius 2 is 1.89 bits per heavy atom. The van der Waals surface area contributed by atoms with Gasteiger partial charge in [-0.15, -0.1) is 0 Å². The average molecular weight is 392 g/mol. The fourth-order valence-corrected chi connectivity index (χ4v) is 3.80. The summed E-state index contributed by atoms with van der Waals surface area (Å²) in [6.45, 7) is 1.98. The Balaban J connectivity index is 1.45. The second kappa shape index (κ2) is 6.80. The smallest absolute Gasteiger partial charge is 0.275 e. The third kappa shape index (κ3) is 2.96. The van der Waals surface area contributed by atoms with E-state index < -0.39 is 0 Å². The quantitative estimate of drug-likeness (QED) is 0.558. The number of carbonyl (C=O) groups excluding carboxylic acids is 1. The molecule has 140 valence electrons. The van der Waals surface area contributed by atoms with Crippen LogP contribution in [0.2, 0.25) is 5.02 Å². The third-order valence-electron chi connectivity index (χ3n) is 5.11. The molecule has 5 rings (SSSR count). The standard InChI is InChI=1S/C21H18ClN5O/c22-15-8-6-14(7-9-15)19-12-16-13-26(10-3-11-27(16)25-19)21(28)20-17-4-1-2-5-18(17)23-24-20/h1-2,4-9,12H,3,10-11,13H2,(H,23,24). The first-order valence-electron chi connectivity index (χ1n) is 9.24. The van der Waals surface area contributed by atoms with E-state index in [-0.39, 0.29) is 5.91 Å². The Bertz CT molecular complexity index is 1160. The molecule has 0 bridgehead atoms. The number of aryl methyl sites for hydroxylation is 1. The minimum atomic E-state index is -0.0554. The molecule has 7 heteroatoms. The lowest BCUT2D eigenvalue weighted by atomic mass is 10.1. The first-order chi connectivity index (χ1) is 13.7. The second-order valence-electron chi connectivity index (χ2n) is 6.95. The van der Waals surface area contributed by atoms with Crippen molar-refractivity contribution < 1.29 is 4.79 Å². The Hall–Kier alpha value is -3.12. The van der Waals surface area contributed by atoms with Gasteiger partial charge in [0.15, 0.2) is 5.69 Å². The number of carbonyl (C=O) groups is 1. The van der Waals surface area contributed by atoms with Crippen LogP contribution in [-0.4, -0.2) is 37.3 Å². The number of rotatable bonds is 2. The van der Waals surface area contributed by atoms with E-state index in [1.807, 2.05) is 58.1 Å². The predicted molar refractivity (Wildman–Crippen MR) is 108 cm³/mol. The van der Waals surface area contributed by atoms with Gasteiger partial charge in [-0.3, -0.25) is 14.6 Å². The molecule has 1 N–H and O–H groups in total. The van der Waals surface area contributed by atoms with Crippen LogP contribution >= 0.6 is 11.6 Å². The second-order valence-corrected chi connectivity index (χ2v) is 7.39. The summed E-state index contributed by atoms with van der Waals surface area (Å²) in [5.74, 6) is -0.0554. The van der Waals surface area contributed by atoms with E-state index in [4.69, 9.17) is 16.7 Å². The van der Waals surface area contributed by atoms with Crippen molar-refractivity contribution in [2.75, 3.05) is 6.54 Å². The fraction of sp³-hybridized carbons (Fsp3) is 0.190. The van der Waals surface area contributed by atoms with E-state index >= 15 is 0 Å². The predicted octanol–water partition coefficient (Wildman–Crippen LogP) is 4.13. The number of fused-ring (bicyclic) bond motifs is 2. The summed E-state index contributed by atoms with van der Waals surface area (Å²) in [4.78, 5) is 15.0. The molecule has 1 aliphatic rings. The van der Waals surface area contributed by atoms with Gasteiger partial charge in [-0.1, -0.05) is 41.9 Å². The van der Waals surface area contributed by atoms with Crippen LogP contribution < -0.4 is 0 Å². The number of aromatic amines is 1. The van der Waals surface area contributed by atoms with E-state index in [1.165, 1.54) is 0 Å². The van der Waals surface area contributed by atoms with Crippen LogP contribution in [0.1, 0.15) is 22.6 Å². The van der Waals surface area contributed by atoms with Crippen LogP contribution in [0, 0.1) is 0 Å². The normalized spacial score (nSPS) is 14.1. The van der Waals surface area contributed by atoms with Crippen LogP contribution in [-0.2, 0) is 13.1 Å². The van der Waals surface area contributed by atoms with E-state index in [1.54, 1.807) is 0 Å².